The number of esters is 1. The molecule has 5 nitrogen and oxygen atoms in total. The standard InChI is InChI=1S/C18H14F2N2O3/c1-25-18(24)16(8-11-4-2-3-5-12(11)10-21)22-17(23)13-6-14(19)9-15(20)7-13/h2-7,9,16H,8H2,1H3,(H,22,23)/t16-/m1/s1. The lowest BCUT2D eigenvalue weighted by Gasteiger charge is -2.17. The van der Waals surface area contributed by atoms with Crippen LogP contribution < -0.4 is 5.32 Å². The van der Waals surface area contributed by atoms with Gasteiger partial charge in [-0.15, -0.1) is 0 Å². The Morgan fingerprint density at radius 1 is 1.20 bits per heavy atom. The van der Waals surface area contributed by atoms with Crippen LogP contribution in [0.25, 0.3) is 0 Å². The van der Waals surface area contributed by atoms with Gasteiger partial charge in [-0.2, -0.15) is 5.26 Å². The Morgan fingerprint density at radius 3 is 2.44 bits per heavy atom. The number of hydrogen-bond donors (Lipinski definition) is 1. The number of hydrogen-bond acceptors (Lipinski definition) is 4. The summed E-state index contributed by atoms with van der Waals surface area (Å²) in [5.41, 5.74) is 0.619. The van der Waals surface area contributed by atoms with Gasteiger partial charge in [-0.25, -0.2) is 13.6 Å². The number of ether oxygens (including phenoxy) is 1. The van der Waals surface area contributed by atoms with Crippen molar-refractivity contribution in [1.29, 1.82) is 5.26 Å². The average Bonchev–Trinajstić information content (AvgIpc) is 2.60. The molecule has 0 aliphatic rings. The summed E-state index contributed by atoms with van der Waals surface area (Å²) in [7, 11) is 1.15. The van der Waals surface area contributed by atoms with Crippen LogP contribution in [-0.4, -0.2) is 25.0 Å². The lowest BCUT2D eigenvalue weighted by Crippen LogP contribution is -2.43. The van der Waals surface area contributed by atoms with E-state index in [1.807, 2.05) is 6.07 Å². The third-order valence-electron chi connectivity index (χ3n) is 3.48. The Morgan fingerprint density at radius 2 is 1.84 bits per heavy atom. The van der Waals surface area contributed by atoms with Crippen molar-refractivity contribution < 1.29 is 23.1 Å². The van der Waals surface area contributed by atoms with E-state index in [1.54, 1.807) is 24.3 Å². The van der Waals surface area contributed by atoms with E-state index in [4.69, 9.17) is 5.26 Å². The quantitative estimate of drug-likeness (QED) is 0.845. The molecule has 0 fully saturated rings. The van der Waals surface area contributed by atoms with Crippen molar-refractivity contribution in [2.75, 3.05) is 7.11 Å². The summed E-state index contributed by atoms with van der Waals surface area (Å²) in [5, 5.41) is 11.5. The number of nitrogens with zero attached hydrogens (tertiary/aromatic N) is 1. The van der Waals surface area contributed by atoms with E-state index in [2.05, 4.69) is 10.1 Å². The van der Waals surface area contributed by atoms with Gasteiger partial charge in [0.1, 0.15) is 17.7 Å². The molecule has 2 aromatic rings. The van der Waals surface area contributed by atoms with Gasteiger partial charge >= 0.3 is 5.97 Å². The zero-order valence-electron chi connectivity index (χ0n) is 13.3. The molecule has 0 spiro atoms. The molecule has 1 atom stereocenters. The fourth-order valence-corrected chi connectivity index (χ4v) is 2.29. The van der Waals surface area contributed by atoms with Crippen LogP contribution in [0.3, 0.4) is 0 Å². The fourth-order valence-electron chi connectivity index (χ4n) is 2.29. The van der Waals surface area contributed by atoms with Crippen molar-refractivity contribution in [3.63, 3.8) is 0 Å². The number of carbonyl (C=O) groups is 2. The number of benzene rings is 2. The van der Waals surface area contributed by atoms with E-state index in [9.17, 15) is 18.4 Å². The summed E-state index contributed by atoms with van der Waals surface area (Å²) in [6.45, 7) is 0. The van der Waals surface area contributed by atoms with Crippen LogP contribution in [-0.2, 0) is 16.0 Å². The Hall–Kier alpha value is -3.27. The zero-order chi connectivity index (χ0) is 18.4. The Labute approximate surface area is 142 Å². The minimum Gasteiger partial charge on any atom is -0.467 e. The molecule has 1 amide bonds. The molecule has 0 aromatic heterocycles. The number of methoxy groups -OCH3 is 1. The first-order chi connectivity index (χ1) is 11.9. The van der Waals surface area contributed by atoms with E-state index in [0.717, 1.165) is 19.2 Å². The second kappa shape index (κ2) is 8.02. The minimum atomic E-state index is -1.11. The Bertz CT molecular complexity index is 826. The molecule has 1 N–H and O–H groups in total. The maximum atomic E-state index is 13.2. The van der Waals surface area contributed by atoms with Crippen molar-refractivity contribution >= 4 is 11.9 Å². The Balaban J connectivity index is 2.25. The number of carbonyl (C=O) groups excluding carboxylic acids is 2. The third kappa shape index (κ3) is 4.61. The average molecular weight is 344 g/mol. The monoisotopic (exact) mass is 344 g/mol. The van der Waals surface area contributed by atoms with Crippen molar-refractivity contribution in [3.8, 4) is 6.07 Å². The van der Waals surface area contributed by atoms with E-state index in [-0.39, 0.29) is 12.0 Å². The van der Waals surface area contributed by atoms with Crippen molar-refractivity contribution in [2.24, 2.45) is 0 Å². The van der Waals surface area contributed by atoms with Crippen LogP contribution in [0.2, 0.25) is 0 Å². The highest BCUT2D eigenvalue weighted by Gasteiger charge is 2.24. The van der Waals surface area contributed by atoms with Crippen LogP contribution in [0.5, 0.6) is 0 Å². The lowest BCUT2D eigenvalue weighted by atomic mass is 10.0. The molecule has 0 saturated heterocycles. The van der Waals surface area contributed by atoms with Crippen molar-refractivity contribution in [1.82, 2.24) is 5.32 Å². The summed E-state index contributed by atoms with van der Waals surface area (Å²) in [5.74, 6) is -3.38. The maximum absolute atomic E-state index is 13.2. The van der Waals surface area contributed by atoms with Crippen molar-refractivity contribution in [3.05, 3.63) is 70.8 Å². The van der Waals surface area contributed by atoms with E-state index in [1.165, 1.54) is 0 Å². The number of amides is 1. The summed E-state index contributed by atoms with van der Waals surface area (Å²) in [6.07, 6.45) is -0.0000550. The molecule has 0 aliphatic carbocycles. The van der Waals surface area contributed by atoms with Crippen LogP contribution >= 0.6 is 0 Å². The highest BCUT2D eigenvalue weighted by molar-refractivity contribution is 5.96. The van der Waals surface area contributed by atoms with Crippen molar-refractivity contribution in [2.45, 2.75) is 12.5 Å². The second-order valence-corrected chi connectivity index (χ2v) is 5.18. The molecule has 25 heavy (non-hydrogen) atoms. The predicted octanol–water partition coefficient (Wildman–Crippen LogP) is 2.35. The first-order valence-electron chi connectivity index (χ1n) is 7.27. The SMILES string of the molecule is COC(=O)[C@@H](Cc1ccccc1C#N)NC(=O)c1cc(F)cc(F)c1. The number of rotatable bonds is 5. The lowest BCUT2D eigenvalue weighted by molar-refractivity contribution is -0.142. The number of halogens is 2. The molecule has 7 heteroatoms. The van der Waals surface area contributed by atoms with Gasteiger partial charge in [0.2, 0.25) is 0 Å². The minimum absolute atomic E-state index is 0.0000550. The smallest absolute Gasteiger partial charge is 0.328 e. The van der Waals surface area contributed by atoms with Crippen LogP contribution in [0.15, 0.2) is 42.5 Å². The second-order valence-electron chi connectivity index (χ2n) is 5.18. The highest BCUT2D eigenvalue weighted by Crippen LogP contribution is 2.13. The van der Waals surface area contributed by atoms with Gasteiger partial charge in [-0.3, -0.25) is 4.79 Å². The van der Waals surface area contributed by atoms with E-state index >= 15 is 0 Å². The number of nitrogens with one attached hydrogen (secondary N) is 1. The summed E-state index contributed by atoms with van der Waals surface area (Å²) >= 11 is 0. The molecule has 2 rings (SSSR count). The van der Waals surface area contributed by atoms with Gasteiger partial charge in [0.15, 0.2) is 0 Å². The molecule has 0 bridgehead atoms. The number of nitriles is 1. The predicted molar refractivity (Wildman–Crippen MR) is 84.5 cm³/mol. The Kier molecular flexibility index (Phi) is 5.79. The fraction of sp³-hybridized carbons (Fsp3) is 0.167. The first-order valence-corrected chi connectivity index (χ1v) is 7.27. The molecular formula is C18H14F2N2O3. The normalized spacial score (nSPS) is 11.3. The van der Waals surface area contributed by atoms with Crippen LogP contribution in [0.1, 0.15) is 21.5 Å². The molecule has 2 aromatic carbocycles. The highest BCUT2D eigenvalue weighted by atomic mass is 19.1. The van der Waals surface area contributed by atoms with Gasteiger partial charge in [-0.05, 0) is 23.8 Å². The first kappa shape index (κ1) is 18.1. The molecule has 0 radical (unpaired) electrons. The summed E-state index contributed by atoms with van der Waals surface area (Å²) in [4.78, 5) is 24.2. The topological polar surface area (TPSA) is 79.2 Å². The molecular weight excluding hydrogens is 330 g/mol. The zero-order valence-corrected chi connectivity index (χ0v) is 13.3. The molecule has 0 saturated carbocycles. The summed E-state index contributed by atoms with van der Waals surface area (Å²) < 4.78 is 31.2. The molecule has 0 aliphatic heterocycles. The maximum Gasteiger partial charge on any atom is 0.328 e. The largest absolute Gasteiger partial charge is 0.467 e. The van der Waals surface area contributed by atoms with Gasteiger partial charge in [0.05, 0.1) is 18.7 Å². The molecule has 0 unspecified atom stereocenters. The van der Waals surface area contributed by atoms with Crippen LogP contribution in [0, 0.1) is 23.0 Å². The van der Waals surface area contributed by atoms with E-state index in [0.29, 0.717) is 17.2 Å². The van der Waals surface area contributed by atoms with Gasteiger partial charge < -0.3 is 10.1 Å². The van der Waals surface area contributed by atoms with Crippen LogP contribution in [0.4, 0.5) is 8.78 Å². The summed E-state index contributed by atoms with van der Waals surface area (Å²) in [6, 6.07) is 9.81. The van der Waals surface area contributed by atoms with Gasteiger partial charge in [0.25, 0.3) is 5.91 Å². The van der Waals surface area contributed by atoms with Gasteiger partial charge in [-0.1, -0.05) is 18.2 Å². The third-order valence-corrected chi connectivity index (χ3v) is 3.48. The molecule has 128 valence electrons. The van der Waals surface area contributed by atoms with E-state index < -0.39 is 29.6 Å². The van der Waals surface area contributed by atoms with Gasteiger partial charge in [0, 0.05) is 18.1 Å². The molecule has 0 heterocycles.